The van der Waals surface area contributed by atoms with Crippen LogP contribution in [0.2, 0.25) is 0 Å². The maximum Gasteiger partial charge on any atom is 0.0667 e. The Hall–Kier alpha value is -0.300. The number of fused-ring (bicyclic) bond motifs is 1. The van der Waals surface area contributed by atoms with Crippen molar-refractivity contribution >= 4 is 0 Å². The first-order valence-electron chi connectivity index (χ1n) is 6.64. The second-order valence-electron chi connectivity index (χ2n) is 6.72. The van der Waals surface area contributed by atoms with Crippen molar-refractivity contribution in [2.75, 3.05) is 0 Å². The molecule has 16 heavy (non-hydrogen) atoms. The molecule has 4 atom stereocenters. The Bertz CT molecular complexity index is 303. The van der Waals surface area contributed by atoms with E-state index in [-0.39, 0.29) is 5.60 Å². The molecule has 92 valence electrons. The molecule has 0 spiro atoms. The van der Waals surface area contributed by atoms with Crippen LogP contribution in [-0.4, -0.2) is 11.7 Å². The Balaban J connectivity index is 2.42. The summed E-state index contributed by atoms with van der Waals surface area (Å²) < 4.78 is 6.24. The zero-order valence-corrected chi connectivity index (χ0v) is 11.6. The maximum absolute atomic E-state index is 6.24. The second kappa shape index (κ2) is 3.60. The minimum Gasteiger partial charge on any atom is -0.372 e. The van der Waals surface area contributed by atoms with E-state index in [4.69, 9.17) is 4.74 Å². The lowest BCUT2D eigenvalue weighted by Crippen LogP contribution is -2.45. The number of rotatable bonds is 1. The molecule has 0 aromatic rings. The van der Waals surface area contributed by atoms with Crippen LogP contribution >= 0.6 is 0 Å². The highest BCUT2D eigenvalue weighted by atomic mass is 16.5. The first-order chi connectivity index (χ1) is 7.30. The molecule has 1 heterocycles. The molecule has 1 heteroatoms. The van der Waals surface area contributed by atoms with Crippen LogP contribution in [0.25, 0.3) is 0 Å². The van der Waals surface area contributed by atoms with Crippen LogP contribution in [0.1, 0.15) is 48.0 Å². The predicted octanol–water partition coefficient (Wildman–Crippen LogP) is 4.04. The van der Waals surface area contributed by atoms with Gasteiger partial charge in [0.15, 0.2) is 0 Å². The summed E-state index contributed by atoms with van der Waals surface area (Å²) in [5.74, 6) is 2.01. The van der Waals surface area contributed by atoms with E-state index >= 15 is 0 Å². The first kappa shape index (κ1) is 12.2. The normalized spacial score (nSPS) is 46.1. The van der Waals surface area contributed by atoms with E-state index in [1.54, 1.807) is 0 Å². The molecule has 0 bridgehead atoms. The Morgan fingerprint density at radius 2 is 1.88 bits per heavy atom. The summed E-state index contributed by atoms with van der Waals surface area (Å²) in [4.78, 5) is 0. The van der Waals surface area contributed by atoms with Crippen LogP contribution in [-0.2, 0) is 4.74 Å². The minimum atomic E-state index is 0.0338. The maximum atomic E-state index is 6.24. The van der Waals surface area contributed by atoms with Crippen molar-refractivity contribution in [3.8, 4) is 0 Å². The van der Waals surface area contributed by atoms with Gasteiger partial charge in [0.1, 0.15) is 0 Å². The van der Waals surface area contributed by atoms with Gasteiger partial charge < -0.3 is 4.74 Å². The molecule has 1 nitrogen and oxygen atoms in total. The zero-order valence-electron chi connectivity index (χ0n) is 11.6. The summed E-state index contributed by atoms with van der Waals surface area (Å²) in [5.41, 5.74) is 0.346. The smallest absolute Gasteiger partial charge is 0.0667 e. The highest BCUT2D eigenvalue weighted by Crippen LogP contribution is 2.58. The molecular formula is C15H26O. The minimum absolute atomic E-state index is 0.0338. The largest absolute Gasteiger partial charge is 0.372 e. The van der Waals surface area contributed by atoms with Crippen LogP contribution in [0.4, 0.5) is 0 Å². The van der Waals surface area contributed by atoms with Gasteiger partial charge in [-0.05, 0) is 44.9 Å². The third-order valence-corrected chi connectivity index (χ3v) is 5.10. The van der Waals surface area contributed by atoms with Crippen molar-refractivity contribution < 1.29 is 4.74 Å². The number of hydrogen-bond donors (Lipinski definition) is 0. The molecule has 2 rings (SSSR count). The van der Waals surface area contributed by atoms with Gasteiger partial charge in [-0.25, -0.2) is 0 Å². The van der Waals surface area contributed by atoms with Crippen LogP contribution in [0, 0.1) is 23.2 Å². The van der Waals surface area contributed by atoms with Gasteiger partial charge in [-0.2, -0.15) is 0 Å². The fraction of sp³-hybridized carbons (Fsp3) is 0.867. The van der Waals surface area contributed by atoms with Gasteiger partial charge in [-0.3, -0.25) is 0 Å². The topological polar surface area (TPSA) is 9.23 Å². The van der Waals surface area contributed by atoms with Gasteiger partial charge in [0.05, 0.1) is 11.7 Å². The SMILES string of the molecule is CC(C)C1C=CCC2C(C)(C)OC(C)C12C. The molecule has 0 aromatic carbocycles. The summed E-state index contributed by atoms with van der Waals surface area (Å²) in [6.07, 6.45) is 6.35. The standard InChI is InChI=1S/C15H26O/c1-10(2)12-8-7-9-13-14(4,5)16-11(3)15(12,13)6/h7-8,10-13H,9H2,1-6H3. The monoisotopic (exact) mass is 222 g/mol. The van der Waals surface area contributed by atoms with Crippen LogP contribution < -0.4 is 0 Å². The second-order valence-corrected chi connectivity index (χ2v) is 6.72. The average molecular weight is 222 g/mol. The number of hydrogen-bond acceptors (Lipinski definition) is 1. The van der Waals surface area contributed by atoms with Gasteiger partial charge >= 0.3 is 0 Å². The molecule has 0 N–H and O–H groups in total. The first-order valence-corrected chi connectivity index (χ1v) is 6.64. The summed E-state index contributed by atoms with van der Waals surface area (Å²) in [5, 5.41) is 0. The van der Waals surface area contributed by atoms with E-state index in [0.717, 1.165) is 0 Å². The summed E-state index contributed by atoms with van der Waals surface area (Å²) in [6.45, 7) is 13.9. The molecule has 0 radical (unpaired) electrons. The molecule has 0 saturated carbocycles. The van der Waals surface area contributed by atoms with Crippen LogP contribution in [0.3, 0.4) is 0 Å². The molecule has 0 amide bonds. The lowest BCUT2D eigenvalue weighted by Gasteiger charge is -2.45. The molecule has 2 aliphatic rings. The fourth-order valence-electron chi connectivity index (χ4n) is 4.25. The van der Waals surface area contributed by atoms with Gasteiger partial charge in [0.2, 0.25) is 0 Å². The average Bonchev–Trinajstić information content (AvgIpc) is 2.33. The van der Waals surface area contributed by atoms with E-state index in [1.165, 1.54) is 6.42 Å². The lowest BCUT2D eigenvalue weighted by atomic mass is 9.57. The van der Waals surface area contributed by atoms with Crippen molar-refractivity contribution in [2.45, 2.75) is 59.7 Å². The Morgan fingerprint density at radius 1 is 1.25 bits per heavy atom. The van der Waals surface area contributed by atoms with E-state index in [9.17, 15) is 0 Å². The van der Waals surface area contributed by atoms with Gasteiger partial charge in [0.25, 0.3) is 0 Å². The van der Waals surface area contributed by atoms with Crippen molar-refractivity contribution in [3.63, 3.8) is 0 Å². The molecule has 0 aromatic heterocycles. The Labute approximate surface area is 100 Å². The zero-order chi connectivity index (χ0) is 12.1. The summed E-state index contributed by atoms with van der Waals surface area (Å²) in [7, 11) is 0. The third kappa shape index (κ3) is 1.48. The molecule has 4 unspecified atom stereocenters. The molecule has 1 aliphatic carbocycles. The lowest BCUT2D eigenvalue weighted by molar-refractivity contribution is -0.0318. The van der Waals surface area contributed by atoms with Crippen molar-refractivity contribution in [1.82, 2.24) is 0 Å². The fourth-order valence-corrected chi connectivity index (χ4v) is 4.25. The highest BCUT2D eigenvalue weighted by molar-refractivity contribution is 5.16. The van der Waals surface area contributed by atoms with Crippen molar-refractivity contribution in [1.29, 1.82) is 0 Å². The van der Waals surface area contributed by atoms with E-state index in [2.05, 4.69) is 53.7 Å². The number of ether oxygens (including phenoxy) is 1. The molecule has 1 saturated heterocycles. The molecule has 1 aliphatic heterocycles. The Kier molecular flexibility index (Phi) is 2.73. The van der Waals surface area contributed by atoms with E-state index in [1.807, 2.05) is 0 Å². The van der Waals surface area contributed by atoms with Gasteiger partial charge in [-0.15, -0.1) is 0 Å². The summed E-state index contributed by atoms with van der Waals surface area (Å²) >= 11 is 0. The van der Waals surface area contributed by atoms with Crippen LogP contribution in [0.5, 0.6) is 0 Å². The predicted molar refractivity (Wildman–Crippen MR) is 68.3 cm³/mol. The van der Waals surface area contributed by atoms with Gasteiger partial charge in [0, 0.05) is 5.41 Å². The van der Waals surface area contributed by atoms with E-state index in [0.29, 0.717) is 29.3 Å². The van der Waals surface area contributed by atoms with Crippen molar-refractivity contribution in [3.05, 3.63) is 12.2 Å². The quantitative estimate of drug-likeness (QED) is 0.608. The third-order valence-electron chi connectivity index (χ3n) is 5.10. The highest BCUT2D eigenvalue weighted by Gasteiger charge is 2.58. The number of allylic oxidation sites excluding steroid dienone is 2. The molecular weight excluding hydrogens is 196 g/mol. The van der Waals surface area contributed by atoms with Crippen LogP contribution in [0.15, 0.2) is 12.2 Å². The Morgan fingerprint density at radius 3 is 2.44 bits per heavy atom. The summed E-state index contributed by atoms with van der Waals surface area (Å²) in [6, 6.07) is 0. The van der Waals surface area contributed by atoms with E-state index < -0.39 is 0 Å². The van der Waals surface area contributed by atoms with Crippen molar-refractivity contribution in [2.24, 2.45) is 23.2 Å². The van der Waals surface area contributed by atoms with Gasteiger partial charge in [-0.1, -0.05) is 32.9 Å². The molecule has 1 fully saturated rings.